The topological polar surface area (TPSA) is 84.2 Å². The minimum Gasteiger partial charge on any atom is -0.360 e. The van der Waals surface area contributed by atoms with Gasteiger partial charge in [0.2, 0.25) is 11.6 Å². The number of benzene rings is 1. The fraction of sp³-hybridized carbons (Fsp3) is 0.412. The van der Waals surface area contributed by atoms with Crippen LogP contribution in [-0.4, -0.2) is 27.0 Å². The van der Waals surface area contributed by atoms with Crippen LogP contribution in [0, 0.1) is 10.1 Å². The first-order chi connectivity index (χ1) is 11.3. The maximum atomic E-state index is 11.7. The zero-order valence-electron chi connectivity index (χ0n) is 14.1. The Morgan fingerprint density at radius 2 is 1.92 bits per heavy atom. The predicted molar refractivity (Wildman–Crippen MR) is 93.3 cm³/mol. The lowest BCUT2D eigenvalue weighted by atomic mass is 10.00. The first-order valence-corrected chi connectivity index (χ1v) is 7.94. The molecule has 0 bridgehead atoms. The van der Waals surface area contributed by atoms with Crippen LogP contribution in [-0.2, 0) is 13.0 Å². The van der Waals surface area contributed by atoms with Gasteiger partial charge in [0.1, 0.15) is 6.33 Å². The monoisotopic (exact) mass is 327 g/mol. The molecule has 1 aromatic carbocycles. The van der Waals surface area contributed by atoms with Crippen molar-refractivity contribution < 1.29 is 4.92 Å². The fourth-order valence-electron chi connectivity index (χ4n) is 2.89. The van der Waals surface area contributed by atoms with Gasteiger partial charge in [0, 0.05) is 18.6 Å². The Morgan fingerprint density at radius 3 is 2.58 bits per heavy atom. The van der Waals surface area contributed by atoms with Gasteiger partial charge in [-0.2, -0.15) is 0 Å². The molecule has 7 nitrogen and oxygen atoms in total. The van der Waals surface area contributed by atoms with Crippen LogP contribution in [0.1, 0.15) is 31.9 Å². The van der Waals surface area contributed by atoms with E-state index >= 15 is 0 Å². The summed E-state index contributed by atoms with van der Waals surface area (Å²) in [6.07, 6.45) is 2.23. The molecule has 2 aromatic rings. The summed E-state index contributed by atoms with van der Waals surface area (Å²) in [7, 11) is 0. The molecular formula is C17H21N5O2. The van der Waals surface area contributed by atoms with E-state index in [4.69, 9.17) is 0 Å². The van der Waals surface area contributed by atoms with Gasteiger partial charge in [0.05, 0.1) is 4.92 Å². The molecular weight excluding hydrogens is 306 g/mol. The number of nitrogens with one attached hydrogen (secondary N) is 1. The highest BCUT2D eigenvalue weighted by Crippen LogP contribution is 2.35. The Bertz CT molecular complexity index is 770. The Kier molecular flexibility index (Phi) is 4.09. The zero-order valence-corrected chi connectivity index (χ0v) is 14.1. The number of hydrogen-bond donors (Lipinski definition) is 1. The summed E-state index contributed by atoms with van der Waals surface area (Å²) in [5, 5.41) is 14.8. The van der Waals surface area contributed by atoms with Crippen LogP contribution in [0.2, 0.25) is 0 Å². The normalized spacial score (nSPS) is 14.2. The van der Waals surface area contributed by atoms with E-state index in [1.807, 2.05) is 37.8 Å². The average molecular weight is 327 g/mol. The van der Waals surface area contributed by atoms with Crippen molar-refractivity contribution in [3.63, 3.8) is 0 Å². The van der Waals surface area contributed by atoms with Crippen LogP contribution in [0.3, 0.4) is 0 Å². The van der Waals surface area contributed by atoms with Crippen molar-refractivity contribution >= 4 is 17.3 Å². The number of hydrogen-bond acceptors (Lipinski definition) is 6. The molecule has 0 radical (unpaired) electrons. The van der Waals surface area contributed by atoms with Crippen LogP contribution in [0.4, 0.5) is 17.3 Å². The minimum absolute atomic E-state index is 0.0631. The summed E-state index contributed by atoms with van der Waals surface area (Å²) in [5.74, 6) is 0.632. The molecule has 24 heavy (non-hydrogen) atoms. The zero-order chi connectivity index (χ0) is 17.3. The summed E-state index contributed by atoms with van der Waals surface area (Å²) in [6, 6.07) is 8.17. The van der Waals surface area contributed by atoms with Crippen molar-refractivity contribution in [1.29, 1.82) is 0 Å². The molecule has 2 heterocycles. The molecule has 0 amide bonds. The molecule has 0 unspecified atom stereocenters. The third kappa shape index (κ3) is 3.29. The maximum Gasteiger partial charge on any atom is 0.353 e. The van der Waals surface area contributed by atoms with E-state index in [1.54, 1.807) is 0 Å². The van der Waals surface area contributed by atoms with Crippen LogP contribution in [0.15, 0.2) is 30.6 Å². The van der Waals surface area contributed by atoms with Gasteiger partial charge in [-0.05, 0) is 38.3 Å². The van der Waals surface area contributed by atoms with Crippen molar-refractivity contribution in [2.24, 2.45) is 0 Å². The van der Waals surface area contributed by atoms with Crippen LogP contribution >= 0.6 is 0 Å². The van der Waals surface area contributed by atoms with Crippen molar-refractivity contribution in [2.75, 3.05) is 16.8 Å². The van der Waals surface area contributed by atoms with Crippen molar-refractivity contribution in [3.8, 4) is 0 Å². The number of fused-ring (bicyclic) bond motifs is 1. The molecule has 1 aromatic heterocycles. The Morgan fingerprint density at radius 1 is 1.21 bits per heavy atom. The van der Waals surface area contributed by atoms with Crippen LogP contribution < -0.4 is 10.2 Å². The quantitative estimate of drug-likeness (QED) is 0.688. The van der Waals surface area contributed by atoms with Gasteiger partial charge in [-0.15, -0.1) is 0 Å². The summed E-state index contributed by atoms with van der Waals surface area (Å²) in [5.41, 5.74) is 2.08. The molecule has 1 aliphatic rings. The fourth-order valence-corrected chi connectivity index (χ4v) is 2.89. The predicted octanol–water partition coefficient (Wildman–Crippen LogP) is 3.16. The molecule has 0 fully saturated rings. The third-order valence-electron chi connectivity index (χ3n) is 3.91. The lowest BCUT2D eigenvalue weighted by Crippen LogP contribution is -2.32. The first-order valence-electron chi connectivity index (χ1n) is 7.94. The average Bonchev–Trinajstić information content (AvgIpc) is 2.52. The second-order valence-corrected chi connectivity index (χ2v) is 6.97. The number of nitro groups is 1. The molecule has 126 valence electrons. The van der Waals surface area contributed by atoms with E-state index in [9.17, 15) is 10.1 Å². The molecule has 1 aliphatic heterocycles. The Balaban J connectivity index is 1.99. The van der Waals surface area contributed by atoms with Gasteiger partial charge in [0.25, 0.3) is 0 Å². The molecule has 3 rings (SSSR count). The van der Waals surface area contributed by atoms with E-state index in [1.165, 1.54) is 17.5 Å². The molecule has 7 heteroatoms. The number of anilines is 2. The Labute approximate surface area is 140 Å². The second-order valence-electron chi connectivity index (χ2n) is 6.97. The van der Waals surface area contributed by atoms with Crippen molar-refractivity contribution in [2.45, 2.75) is 39.3 Å². The van der Waals surface area contributed by atoms with E-state index < -0.39 is 4.92 Å². The van der Waals surface area contributed by atoms with Gasteiger partial charge in [-0.3, -0.25) is 10.1 Å². The number of nitrogens with zero attached hydrogens (tertiary/aromatic N) is 4. The molecule has 0 spiro atoms. The summed E-state index contributed by atoms with van der Waals surface area (Å²) < 4.78 is 0. The summed E-state index contributed by atoms with van der Waals surface area (Å²) >= 11 is 0. The first kappa shape index (κ1) is 16.2. The Hall–Kier alpha value is -2.70. The molecule has 1 N–H and O–H groups in total. The number of rotatable bonds is 3. The van der Waals surface area contributed by atoms with E-state index in [0.717, 1.165) is 6.42 Å². The highest BCUT2D eigenvalue weighted by Gasteiger charge is 2.30. The highest BCUT2D eigenvalue weighted by molar-refractivity contribution is 5.71. The van der Waals surface area contributed by atoms with Crippen LogP contribution in [0.5, 0.6) is 0 Å². The molecule has 0 saturated heterocycles. The third-order valence-corrected chi connectivity index (χ3v) is 3.91. The van der Waals surface area contributed by atoms with Gasteiger partial charge in [-0.1, -0.05) is 24.3 Å². The SMILES string of the molecule is CC(C)(C)Nc1ncnc(N2CCc3ccccc3C2)c1[N+](=O)[O-]. The van der Waals surface area contributed by atoms with E-state index in [2.05, 4.69) is 27.4 Å². The highest BCUT2D eigenvalue weighted by atomic mass is 16.6. The molecule has 0 aliphatic carbocycles. The van der Waals surface area contributed by atoms with Gasteiger partial charge in [-0.25, -0.2) is 9.97 Å². The van der Waals surface area contributed by atoms with Crippen molar-refractivity contribution in [1.82, 2.24) is 9.97 Å². The molecule has 0 atom stereocenters. The van der Waals surface area contributed by atoms with Gasteiger partial charge < -0.3 is 10.2 Å². The summed E-state index contributed by atoms with van der Waals surface area (Å²) in [6.45, 7) is 7.13. The van der Waals surface area contributed by atoms with Gasteiger partial charge in [0.15, 0.2) is 0 Å². The van der Waals surface area contributed by atoms with Gasteiger partial charge >= 0.3 is 5.69 Å². The lowest BCUT2D eigenvalue weighted by Gasteiger charge is -2.30. The molecule has 0 saturated carbocycles. The maximum absolute atomic E-state index is 11.7. The number of aromatic nitrogens is 2. The second kappa shape index (κ2) is 6.07. The van der Waals surface area contributed by atoms with E-state index in [0.29, 0.717) is 18.9 Å². The minimum atomic E-state index is -0.399. The standard InChI is InChI=1S/C17H21N5O2/c1-17(2,3)20-15-14(22(23)24)16(19-11-18-15)21-9-8-12-6-4-5-7-13(12)10-21/h4-7,11H,8-10H2,1-3H3,(H,18,19,20). The summed E-state index contributed by atoms with van der Waals surface area (Å²) in [4.78, 5) is 21.5. The van der Waals surface area contributed by atoms with E-state index in [-0.39, 0.29) is 17.0 Å². The largest absolute Gasteiger partial charge is 0.360 e. The van der Waals surface area contributed by atoms with Crippen molar-refractivity contribution in [3.05, 3.63) is 51.8 Å². The lowest BCUT2D eigenvalue weighted by molar-refractivity contribution is -0.383. The smallest absolute Gasteiger partial charge is 0.353 e. The van der Waals surface area contributed by atoms with Crippen LogP contribution in [0.25, 0.3) is 0 Å².